The third kappa shape index (κ3) is 5.28. The van der Waals surface area contributed by atoms with E-state index in [4.69, 9.17) is 9.15 Å². The van der Waals surface area contributed by atoms with Crippen molar-refractivity contribution in [3.63, 3.8) is 0 Å². The fraction of sp³-hybridized carbons (Fsp3) is 0.0169. The molecule has 13 rings (SSSR count). The highest BCUT2D eigenvalue weighted by atomic mass is 16.5. The van der Waals surface area contributed by atoms with Crippen molar-refractivity contribution >= 4 is 66.8 Å². The Morgan fingerprint density at radius 3 is 1.51 bits per heavy atom. The molecule has 296 valence electrons. The van der Waals surface area contributed by atoms with Gasteiger partial charge in [0.1, 0.15) is 17.1 Å². The normalized spacial score (nSPS) is 13.0. The van der Waals surface area contributed by atoms with E-state index in [1.54, 1.807) is 0 Å². The molecule has 2 aliphatic rings. The molecule has 1 aliphatic heterocycles. The van der Waals surface area contributed by atoms with Gasteiger partial charge in [-0.1, -0.05) is 146 Å². The van der Waals surface area contributed by atoms with Crippen LogP contribution in [-0.4, -0.2) is 0 Å². The third-order valence-electron chi connectivity index (χ3n) is 13.0. The minimum Gasteiger partial charge on any atom is -0.457 e. The first kappa shape index (κ1) is 35.4. The van der Waals surface area contributed by atoms with Gasteiger partial charge in [0.2, 0.25) is 0 Å². The van der Waals surface area contributed by atoms with Crippen LogP contribution in [0.2, 0.25) is 0 Å². The van der Waals surface area contributed by atoms with Crippen LogP contribution in [0.1, 0.15) is 22.3 Å². The summed E-state index contributed by atoms with van der Waals surface area (Å²) in [5.41, 5.74) is 14.4. The SMILES string of the molecule is c1ccc(N(c2ccc3c(c2)C2(c4ccccc4O3)c3ccccc3-c3ccccc32)c2cc(N(c3ccccc3)c3ccccc3)c3oc4cc5ccccc5cc4c3c2)cc1. The van der Waals surface area contributed by atoms with Gasteiger partial charge in [-0.25, -0.2) is 0 Å². The van der Waals surface area contributed by atoms with Crippen LogP contribution >= 0.6 is 0 Å². The standard InChI is InChI=1S/C59H38N2O2/c1-4-20-41(21-5-1)60(44-32-33-56-53(37-44)59(52-30-16-17-31-55(52)62-56)50-28-14-12-26-46(50)47-27-13-15-29-51(47)59)45-36-49-48-34-39-18-10-11-19-40(39)35-57(48)63-58(49)54(38-45)61(42-22-6-2-7-23-42)43-24-8-3-9-25-43/h1-38H. The summed E-state index contributed by atoms with van der Waals surface area (Å²) < 4.78 is 13.9. The van der Waals surface area contributed by atoms with Gasteiger partial charge in [-0.05, 0) is 118 Å². The zero-order chi connectivity index (χ0) is 41.5. The van der Waals surface area contributed by atoms with Crippen molar-refractivity contribution in [2.45, 2.75) is 5.41 Å². The molecular weight excluding hydrogens is 769 g/mol. The molecule has 1 aromatic heterocycles. The van der Waals surface area contributed by atoms with Crippen molar-refractivity contribution in [1.82, 2.24) is 0 Å². The van der Waals surface area contributed by atoms with E-state index in [-0.39, 0.29) is 0 Å². The number of anilines is 6. The van der Waals surface area contributed by atoms with Crippen molar-refractivity contribution < 1.29 is 9.15 Å². The molecule has 10 aromatic carbocycles. The van der Waals surface area contributed by atoms with Gasteiger partial charge >= 0.3 is 0 Å². The molecule has 11 aromatic rings. The van der Waals surface area contributed by atoms with E-state index in [9.17, 15) is 0 Å². The van der Waals surface area contributed by atoms with Gasteiger partial charge < -0.3 is 19.0 Å². The molecule has 0 bridgehead atoms. The first-order valence-electron chi connectivity index (χ1n) is 21.5. The maximum Gasteiger partial charge on any atom is 0.159 e. The summed E-state index contributed by atoms with van der Waals surface area (Å²) in [5.74, 6) is 1.72. The predicted octanol–water partition coefficient (Wildman–Crippen LogP) is 16.1. The zero-order valence-corrected chi connectivity index (χ0v) is 34.2. The molecule has 0 fully saturated rings. The maximum atomic E-state index is 7.02. The minimum absolute atomic E-state index is 0.607. The minimum atomic E-state index is -0.607. The van der Waals surface area contributed by atoms with E-state index in [0.717, 1.165) is 84.1 Å². The van der Waals surface area contributed by atoms with E-state index in [0.29, 0.717) is 0 Å². The monoisotopic (exact) mass is 806 g/mol. The highest BCUT2D eigenvalue weighted by molar-refractivity contribution is 6.15. The Kier molecular flexibility index (Phi) is 7.79. The number of hydrogen-bond acceptors (Lipinski definition) is 4. The molecular formula is C59H38N2O2. The van der Waals surface area contributed by atoms with Gasteiger partial charge in [0.25, 0.3) is 0 Å². The molecule has 0 saturated heterocycles. The Balaban J connectivity index is 1.11. The number of rotatable bonds is 6. The van der Waals surface area contributed by atoms with E-state index in [1.165, 1.54) is 27.6 Å². The summed E-state index contributed by atoms with van der Waals surface area (Å²) >= 11 is 0. The second kappa shape index (κ2) is 13.8. The van der Waals surface area contributed by atoms with Crippen LogP contribution in [-0.2, 0) is 5.41 Å². The Morgan fingerprint density at radius 2 is 0.857 bits per heavy atom. The Hall–Kier alpha value is -8.34. The highest BCUT2D eigenvalue weighted by Gasteiger charge is 2.51. The number of furan rings is 1. The molecule has 2 heterocycles. The largest absolute Gasteiger partial charge is 0.457 e. The van der Waals surface area contributed by atoms with Gasteiger partial charge in [-0.2, -0.15) is 0 Å². The van der Waals surface area contributed by atoms with Gasteiger partial charge in [-0.3, -0.25) is 0 Å². The molecule has 0 N–H and O–H groups in total. The lowest BCUT2D eigenvalue weighted by Crippen LogP contribution is -2.32. The number of hydrogen-bond donors (Lipinski definition) is 0. The summed E-state index contributed by atoms with van der Waals surface area (Å²) in [4.78, 5) is 4.70. The first-order valence-corrected chi connectivity index (χ1v) is 21.5. The fourth-order valence-corrected chi connectivity index (χ4v) is 10.4. The Bertz CT molecular complexity index is 3480. The Labute approximate surface area is 365 Å². The number of fused-ring (bicyclic) bond motifs is 13. The van der Waals surface area contributed by atoms with E-state index in [2.05, 4.69) is 240 Å². The summed E-state index contributed by atoms with van der Waals surface area (Å²) in [6, 6.07) is 82.5. The lowest BCUT2D eigenvalue weighted by Gasteiger charge is -2.40. The van der Waals surface area contributed by atoms with Crippen LogP contribution in [0.5, 0.6) is 11.5 Å². The van der Waals surface area contributed by atoms with E-state index < -0.39 is 5.41 Å². The molecule has 0 radical (unpaired) electrons. The average Bonchev–Trinajstić information content (AvgIpc) is 3.85. The summed E-state index contributed by atoms with van der Waals surface area (Å²) in [7, 11) is 0. The van der Waals surface area contributed by atoms with Crippen molar-refractivity contribution in [3.8, 4) is 22.6 Å². The molecule has 0 atom stereocenters. The first-order chi connectivity index (χ1) is 31.2. The molecule has 4 heteroatoms. The molecule has 4 nitrogen and oxygen atoms in total. The molecule has 0 saturated carbocycles. The van der Waals surface area contributed by atoms with Crippen molar-refractivity contribution in [3.05, 3.63) is 253 Å². The van der Waals surface area contributed by atoms with Crippen LogP contribution in [0, 0.1) is 0 Å². The van der Waals surface area contributed by atoms with Crippen LogP contribution in [0.15, 0.2) is 235 Å². The van der Waals surface area contributed by atoms with Crippen molar-refractivity contribution in [2.75, 3.05) is 9.80 Å². The van der Waals surface area contributed by atoms with Gasteiger partial charge in [0, 0.05) is 50.3 Å². The van der Waals surface area contributed by atoms with Gasteiger partial charge in [0.15, 0.2) is 5.58 Å². The summed E-state index contributed by atoms with van der Waals surface area (Å²) in [6.45, 7) is 0. The number of ether oxygens (including phenoxy) is 1. The second-order valence-corrected chi connectivity index (χ2v) is 16.4. The number of benzene rings is 10. The number of para-hydroxylation sites is 4. The van der Waals surface area contributed by atoms with Crippen LogP contribution < -0.4 is 14.5 Å². The van der Waals surface area contributed by atoms with E-state index >= 15 is 0 Å². The van der Waals surface area contributed by atoms with Crippen LogP contribution in [0.3, 0.4) is 0 Å². The lowest BCUT2D eigenvalue weighted by atomic mass is 9.66. The molecule has 0 amide bonds. The Morgan fingerprint density at radius 1 is 0.333 bits per heavy atom. The number of nitrogens with zero attached hydrogens (tertiary/aromatic N) is 2. The quantitative estimate of drug-likeness (QED) is 0.167. The van der Waals surface area contributed by atoms with E-state index in [1.807, 2.05) is 0 Å². The second-order valence-electron chi connectivity index (χ2n) is 16.4. The molecule has 1 spiro atoms. The predicted molar refractivity (Wildman–Crippen MR) is 258 cm³/mol. The zero-order valence-electron chi connectivity index (χ0n) is 34.2. The van der Waals surface area contributed by atoms with Gasteiger partial charge in [-0.15, -0.1) is 0 Å². The third-order valence-corrected chi connectivity index (χ3v) is 13.0. The molecule has 63 heavy (non-hydrogen) atoms. The van der Waals surface area contributed by atoms with Crippen LogP contribution in [0.4, 0.5) is 34.1 Å². The summed E-state index contributed by atoms with van der Waals surface area (Å²) in [6.07, 6.45) is 0. The summed E-state index contributed by atoms with van der Waals surface area (Å²) in [5, 5.41) is 4.40. The van der Waals surface area contributed by atoms with Crippen LogP contribution in [0.25, 0.3) is 43.8 Å². The lowest BCUT2D eigenvalue weighted by molar-refractivity contribution is 0.436. The fourth-order valence-electron chi connectivity index (χ4n) is 10.4. The molecule has 0 unspecified atom stereocenters. The average molecular weight is 807 g/mol. The van der Waals surface area contributed by atoms with Crippen molar-refractivity contribution in [1.29, 1.82) is 0 Å². The topological polar surface area (TPSA) is 28.9 Å². The molecule has 1 aliphatic carbocycles. The van der Waals surface area contributed by atoms with Crippen molar-refractivity contribution in [2.24, 2.45) is 0 Å². The van der Waals surface area contributed by atoms with Gasteiger partial charge in [0.05, 0.1) is 11.1 Å². The highest BCUT2D eigenvalue weighted by Crippen LogP contribution is 2.62. The smallest absolute Gasteiger partial charge is 0.159 e. The maximum absolute atomic E-state index is 7.02.